The van der Waals surface area contributed by atoms with Gasteiger partial charge in [0.2, 0.25) is 5.91 Å². The van der Waals surface area contributed by atoms with Gasteiger partial charge >= 0.3 is 0 Å². The topological polar surface area (TPSA) is 29.5 Å². The Kier molecular flexibility index (Phi) is 9.14. The van der Waals surface area contributed by atoms with Crippen molar-refractivity contribution < 1.29 is 9.53 Å². The fourth-order valence-corrected chi connectivity index (χ4v) is 1.47. The van der Waals surface area contributed by atoms with Gasteiger partial charge in [0.05, 0.1) is 0 Å². The highest BCUT2D eigenvalue weighted by atomic mass is 16.5. The molecule has 3 nitrogen and oxygen atoms in total. The molecule has 17 heavy (non-hydrogen) atoms. The molecule has 0 aliphatic rings. The molecule has 0 aromatic carbocycles. The molecule has 0 rings (SSSR count). The van der Waals surface area contributed by atoms with Crippen LogP contribution in [0.4, 0.5) is 0 Å². The van der Waals surface area contributed by atoms with Gasteiger partial charge in [0.15, 0.2) is 0 Å². The van der Waals surface area contributed by atoms with E-state index in [1.165, 1.54) is 0 Å². The summed E-state index contributed by atoms with van der Waals surface area (Å²) in [5, 5.41) is 0. The lowest BCUT2D eigenvalue weighted by Gasteiger charge is -2.24. The maximum absolute atomic E-state index is 11.9. The number of nitrogens with zero attached hydrogens (tertiary/aromatic N) is 1. The third-order valence-electron chi connectivity index (χ3n) is 2.74. The molecule has 0 fully saturated rings. The van der Waals surface area contributed by atoms with Crippen LogP contribution in [-0.4, -0.2) is 37.1 Å². The van der Waals surface area contributed by atoms with Crippen LogP contribution in [-0.2, 0) is 9.53 Å². The summed E-state index contributed by atoms with van der Waals surface area (Å²) in [6.45, 7) is 13.2. The molecule has 0 heterocycles. The van der Waals surface area contributed by atoms with E-state index in [0.29, 0.717) is 18.4 Å². The molecule has 0 saturated carbocycles. The summed E-state index contributed by atoms with van der Waals surface area (Å²) < 4.78 is 5.20. The van der Waals surface area contributed by atoms with Crippen LogP contribution >= 0.6 is 0 Å². The Hall–Kier alpha value is -0.570. The van der Waals surface area contributed by atoms with Gasteiger partial charge in [-0.05, 0) is 31.6 Å². The Labute approximate surface area is 107 Å². The van der Waals surface area contributed by atoms with Crippen LogP contribution in [0.5, 0.6) is 0 Å². The predicted octanol–water partition coefficient (Wildman–Crippen LogP) is 2.94. The summed E-state index contributed by atoms with van der Waals surface area (Å²) in [5.41, 5.74) is 0. The van der Waals surface area contributed by atoms with E-state index >= 15 is 0 Å². The highest BCUT2D eigenvalue weighted by Crippen LogP contribution is 2.07. The van der Waals surface area contributed by atoms with E-state index in [-0.39, 0.29) is 12.5 Å². The average Bonchev–Trinajstić information content (AvgIpc) is 2.25. The van der Waals surface area contributed by atoms with Crippen molar-refractivity contribution in [3.8, 4) is 0 Å². The summed E-state index contributed by atoms with van der Waals surface area (Å²) in [6, 6.07) is 0. The van der Waals surface area contributed by atoms with Gasteiger partial charge in [-0.15, -0.1) is 0 Å². The maximum Gasteiger partial charge on any atom is 0.248 e. The third kappa shape index (κ3) is 9.16. The second-order valence-corrected chi connectivity index (χ2v) is 5.38. The van der Waals surface area contributed by atoms with Crippen LogP contribution in [0.25, 0.3) is 0 Å². The van der Waals surface area contributed by atoms with Crippen LogP contribution in [0, 0.1) is 11.8 Å². The zero-order chi connectivity index (χ0) is 13.3. The van der Waals surface area contributed by atoms with E-state index in [1.807, 2.05) is 11.8 Å². The second kappa shape index (κ2) is 9.46. The molecule has 0 bridgehead atoms. The zero-order valence-electron chi connectivity index (χ0n) is 12.2. The van der Waals surface area contributed by atoms with E-state index in [1.54, 1.807) is 0 Å². The highest BCUT2D eigenvalue weighted by molar-refractivity contribution is 5.77. The molecule has 0 radical (unpaired) electrons. The molecule has 0 spiro atoms. The van der Waals surface area contributed by atoms with Gasteiger partial charge in [0.25, 0.3) is 0 Å². The van der Waals surface area contributed by atoms with Crippen LogP contribution in [0.1, 0.15) is 47.5 Å². The quantitative estimate of drug-likeness (QED) is 0.623. The number of hydrogen-bond acceptors (Lipinski definition) is 2. The SMILES string of the molecule is CCOCC(=O)N(CCC(C)C)CCC(C)C. The van der Waals surface area contributed by atoms with Crippen molar-refractivity contribution in [1.29, 1.82) is 0 Å². The lowest BCUT2D eigenvalue weighted by Crippen LogP contribution is -2.36. The summed E-state index contributed by atoms with van der Waals surface area (Å²) in [4.78, 5) is 13.9. The third-order valence-corrected chi connectivity index (χ3v) is 2.74. The molecule has 102 valence electrons. The largest absolute Gasteiger partial charge is 0.372 e. The highest BCUT2D eigenvalue weighted by Gasteiger charge is 2.14. The molecule has 3 heteroatoms. The van der Waals surface area contributed by atoms with Crippen molar-refractivity contribution in [2.75, 3.05) is 26.3 Å². The molecular formula is C14H29NO2. The molecule has 0 saturated heterocycles. The molecule has 0 aromatic rings. The Morgan fingerprint density at radius 1 is 1.06 bits per heavy atom. The van der Waals surface area contributed by atoms with Crippen LogP contribution in [0.3, 0.4) is 0 Å². The van der Waals surface area contributed by atoms with Gasteiger partial charge in [-0.2, -0.15) is 0 Å². The number of ether oxygens (including phenoxy) is 1. The lowest BCUT2D eigenvalue weighted by molar-refractivity contribution is -0.136. The normalized spacial score (nSPS) is 11.2. The predicted molar refractivity (Wildman–Crippen MR) is 72.0 cm³/mol. The molecule has 0 aliphatic heterocycles. The fourth-order valence-electron chi connectivity index (χ4n) is 1.47. The first kappa shape index (κ1) is 16.4. The Balaban J connectivity index is 4.12. The molecule has 0 unspecified atom stereocenters. The minimum atomic E-state index is 0.133. The minimum Gasteiger partial charge on any atom is -0.372 e. The van der Waals surface area contributed by atoms with Crippen molar-refractivity contribution in [2.45, 2.75) is 47.5 Å². The molecular weight excluding hydrogens is 214 g/mol. The number of carbonyl (C=O) groups excluding carboxylic acids is 1. The Morgan fingerprint density at radius 2 is 1.53 bits per heavy atom. The van der Waals surface area contributed by atoms with Gasteiger partial charge in [-0.3, -0.25) is 4.79 Å². The van der Waals surface area contributed by atoms with E-state index in [4.69, 9.17) is 4.74 Å². The fraction of sp³-hybridized carbons (Fsp3) is 0.929. The Bertz CT molecular complexity index is 190. The summed E-state index contributed by atoms with van der Waals surface area (Å²) >= 11 is 0. The van der Waals surface area contributed by atoms with E-state index < -0.39 is 0 Å². The number of carbonyl (C=O) groups is 1. The van der Waals surface area contributed by atoms with Crippen LogP contribution < -0.4 is 0 Å². The first-order chi connectivity index (χ1) is 7.97. The summed E-state index contributed by atoms with van der Waals surface area (Å²) in [5.74, 6) is 1.40. The van der Waals surface area contributed by atoms with Crippen molar-refractivity contribution in [1.82, 2.24) is 4.90 Å². The molecule has 0 atom stereocenters. The van der Waals surface area contributed by atoms with Gasteiger partial charge in [-0.1, -0.05) is 27.7 Å². The number of rotatable bonds is 9. The number of hydrogen-bond donors (Lipinski definition) is 0. The van der Waals surface area contributed by atoms with E-state index in [0.717, 1.165) is 25.9 Å². The van der Waals surface area contributed by atoms with Crippen molar-refractivity contribution in [3.05, 3.63) is 0 Å². The zero-order valence-corrected chi connectivity index (χ0v) is 12.2. The summed E-state index contributed by atoms with van der Waals surface area (Å²) in [7, 11) is 0. The van der Waals surface area contributed by atoms with E-state index in [2.05, 4.69) is 27.7 Å². The maximum atomic E-state index is 11.9. The standard InChI is InChI=1S/C14H29NO2/c1-6-17-11-14(16)15(9-7-12(2)3)10-8-13(4)5/h12-13H,6-11H2,1-5H3. The number of amides is 1. The van der Waals surface area contributed by atoms with Gasteiger partial charge < -0.3 is 9.64 Å². The van der Waals surface area contributed by atoms with Gasteiger partial charge in [0, 0.05) is 19.7 Å². The van der Waals surface area contributed by atoms with E-state index in [9.17, 15) is 4.79 Å². The van der Waals surface area contributed by atoms with Crippen LogP contribution in [0.15, 0.2) is 0 Å². The molecule has 0 aliphatic carbocycles. The van der Waals surface area contributed by atoms with Gasteiger partial charge in [-0.25, -0.2) is 0 Å². The first-order valence-corrected chi connectivity index (χ1v) is 6.82. The van der Waals surface area contributed by atoms with Crippen molar-refractivity contribution in [3.63, 3.8) is 0 Å². The monoisotopic (exact) mass is 243 g/mol. The van der Waals surface area contributed by atoms with Crippen molar-refractivity contribution in [2.24, 2.45) is 11.8 Å². The Morgan fingerprint density at radius 3 is 1.88 bits per heavy atom. The first-order valence-electron chi connectivity index (χ1n) is 6.82. The molecule has 0 aromatic heterocycles. The van der Waals surface area contributed by atoms with Gasteiger partial charge in [0.1, 0.15) is 6.61 Å². The summed E-state index contributed by atoms with van der Waals surface area (Å²) in [6.07, 6.45) is 2.13. The van der Waals surface area contributed by atoms with Crippen LogP contribution in [0.2, 0.25) is 0 Å². The molecule has 1 amide bonds. The molecule has 0 N–H and O–H groups in total. The smallest absolute Gasteiger partial charge is 0.248 e. The second-order valence-electron chi connectivity index (χ2n) is 5.38. The lowest BCUT2D eigenvalue weighted by atomic mass is 10.1. The average molecular weight is 243 g/mol. The minimum absolute atomic E-state index is 0.133. The van der Waals surface area contributed by atoms with Crippen molar-refractivity contribution >= 4 is 5.91 Å².